The number of benzene rings is 1. The van der Waals surface area contributed by atoms with Gasteiger partial charge in [-0.25, -0.2) is 8.42 Å². The summed E-state index contributed by atoms with van der Waals surface area (Å²) >= 11 is 5.94. The van der Waals surface area contributed by atoms with Crippen molar-refractivity contribution in [2.75, 3.05) is 0 Å². The van der Waals surface area contributed by atoms with Gasteiger partial charge in [-0.3, -0.25) is 0 Å². The fourth-order valence-corrected chi connectivity index (χ4v) is 3.61. The van der Waals surface area contributed by atoms with Gasteiger partial charge in [-0.1, -0.05) is 30.3 Å². The van der Waals surface area contributed by atoms with E-state index in [-0.39, 0.29) is 5.25 Å². The van der Waals surface area contributed by atoms with Crippen LogP contribution in [0.2, 0.25) is 0 Å². The zero-order chi connectivity index (χ0) is 10.2. The molecule has 0 bridgehead atoms. The molecule has 76 valence electrons. The smallest absolute Gasteiger partial charge is 0.174 e. The molecular formula is C10H11ClO2S. The Morgan fingerprint density at radius 2 is 1.79 bits per heavy atom. The van der Waals surface area contributed by atoms with E-state index in [0.717, 1.165) is 12.8 Å². The average Bonchev–Trinajstić information content (AvgIpc) is 3.01. The number of hydrogen-bond acceptors (Lipinski definition) is 2. The summed E-state index contributed by atoms with van der Waals surface area (Å²) in [6.45, 7) is 0. The highest BCUT2D eigenvalue weighted by atomic mass is 35.5. The first-order valence-electron chi connectivity index (χ1n) is 4.54. The molecule has 2 nitrogen and oxygen atoms in total. The van der Waals surface area contributed by atoms with Gasteiger partial charge in [0.15, 0.2) is 14.5 Å². The molecule has 0 spiro atoms. The van der Waals surface area contributed by atoms with Crippen molar-refractivity contribution in [3.05, 3.63) is 35.9 Å². The summed E-state index contributed by atoms with van der Waals surface area (Å²) in [5, 5.41) is -0.204. The van der Waals surface area contributed by atoms with Gasteiger partial charge in [-0.15, -0.1) is 11.6 Å². The van der Waals surface area contributed by atoms with Crippen molar-refractivity contribution in [2.24, 2.45) is 0 Å². The van der Waals surface area contributed by atoms with Crippen molar-refractivity contribution in [1.29, 1.82) is 0 Å². The minimum Gasteiger partial charge on any atom is -0.227 e. The Bertz CT molecular complexity index is 409. The molecule has 1 aliphatic rings. The molecule has 0 amide bonds. The Labute approximate surface area is 88.8 Å². The molecule has 0 radical (unpaired) electrons. The van der Waals surface area contributed by atoms with Gasteiger partial charge in [0.1, 0.15) is 0 Å². The van der Waals surface area contributed by atoms with Gasteiger partial charge in [0.05, 0.1) is 5.25 Å². The van der Waals surface area contributed by atoms with Crippen LogP contribution in [0, 0.1) is 0 Å². The van der Waals surface area contributed by atoms with Gasteiger partial charge >= 0.3 is 0 Å². The molecule has 1 saturated carbocycles. The van der Waals surface area contributed by atoms with Crippen LogP contribution in [0.15, 0.2) is 30.3 Å². The monoisotopic (exact) mass is 230 g/mol. The van der Waals surface area contributed by atoms with Crippen molar-refractivity contribution in [2.45, 2.75) is 22.8 Å². The van der Waals surface area contributed by atoms with Crippen LogP contribution in [0.1, 0.15) is 23.1 Å². The molecule has 1 unspecified atom stereocenters. The van der Waals surface area contributed by atoms with Crippen LogP contribution in [0.4, 0.5) is 0 Å². The van der Waals surface area contributed by atoms with Gasteiger partial charge in [0.2, 0.25) is 0 Å². The van der Waals surface area contributed by atoms with E-state index < -0.39 is 14.5 Å². The largest absolute Gasteiger partial charge is 0.227 e. The Morgan fingerprint density at radius 1 is 1.21 bits per heavy atom. The third-order valence-corrected chi connectivity index (χ3v) is 5.59. The summed E-state index contributed by atoms with van der Waals surface area (Å²) in [6, 6.07) is 8.94. The van der Waals surface area contributed by atoms with Crippen LogP contribution in [-0.2, 0) is 9.84 Å². The number of rotatable bonds is 3. The zero-order valence-corrected chi connectivity index (χ0v) is 9.13. The predicted octanol–water partition coefficient (Wildman–Crippen LogP) is 2.50. The lowest BCUT2D eigenvalue weighted by atomic mass is 10.2. The number of halogens is 1. The van der Waals surface area contributed by atoms with Gasteiger partial charge in [-0.2, -0.15) is 0 Å². The Balaban J connectivity index is 2.28. The first-order chi connectivity index (χ1) is 6.62. The SMILES string of the molecule is O=S(=O)(C1CC1)C(Cl)c1ccccc1. The molecule has 2 rings (SSSR count). The van der Waals surface area contributed by atoms with Crippen molar-refractivity contribution >= 4 is 21.4 Å². The van der Waals surface area contributed by atoms with E-state index in [1.54, 1.807) is 24.3 Å². The number of sulfone groups is 1. The highest BCUT2D eigenvalue weighted by Crippen LogP contribution is 2.39. The molecule has 0 aromatic heterocycles. The maximum Gasteiger partial charge on any atom is 0.174 e. The molecule has 1 atom stereocenters. The second-order valence-electron chi connectivity index (χ2n) is 3.52. The van der Waals surface area contributed by atoms with Crippen LogP contribution in [0.3, 0.4) is 0 Å². The Hall–Kier alpha value is -0.540. The van der Waals surface area contributed by atoms with Gasteiger partial charge in [0.25, 0.3) is 0 Å². The standard InChI is InChI=1S/C10H11ClO2S/c11-10(8-4-2-1-3-5-8)14(12,13)9-6-7-9/h1-5,9-10H,6-7H2. The lowest BCUT2D eigenvalue weighted by Gasteiger charge is -2.09. The molecule has 0 aliphatic heterocycles. The first kappa shape index (κ1) is 9.99. The molecule has 0 heterocycles. The summed E-state index contributed by atoms with van der Waals surface area (Å²) in [5.41, 5.74) is 0.668. The fraction of sp³-hybridized carbons (Fsp3) is 0.400. The molecule has 1 aromatic carbocycles. The molecule has 1 aliphatic carbocycles. The van der Waals surface area contributed by atoms with Crippen LogP contribution < -0.4 is 0 Å². The van der Waals surface area contributed by atoms with Crippen LogP contribution in [0.5, 0.6) is 0 Å². The van der Waals surface area contributed by atoms with Crippen LogP contribution >= 0.6 is 11.6 Å². The Morgan fingerprint density at radius 3 is 2.29 bits per heavy atom. The van der Waals surface area contributed by atoms with Gasteiger partial charge < -0.3 is 0 Å². The summed E-state index contributed by atoms with van der Waals surface area (Å²) in [5.74, 6) is 0. The molecule has 0 saturated heterocycles. The van der Waals surface area contributed by atoms with Crippen molar-refractivity contribution < 1.29 is 8.42 Å². The maximum atomic E-state index is 11.8. The van der Waals surface area contributed by atoms with E-state index >= 15 is 0 Å². The third-order valence-electron chi connectivity index (χ3n) is 2.34. The summed E-state index contributed by atoms with van der Waals surface area (Å²) in [4.78, 5) is 0. The quantitative estimate of drug-likeness (QED) is 0.748. The highest BCUT2D eigenvalue weighted by molar-refractivity contribution is 7.93. The lowest BCUT2D eigenvalue weighted by molar-refractivity contribution is 0.592. The van der Waals surface area contributed by atoms with E-state index in [0.29, 0.717) is 5.56 Å². The summed E-state index contributed by atoms with van der Waals surface area (Å²) in [7, 11) is -3.15. The third kappa shape index (κ3) is 1.79. The van der Waals surface area contributed by atoms with Crippen molar-refractivity contribution in [3.63, 3.8) is 0 Å². The van der Waals surface area contributed by atoms with E-state index in [2.05, 4.69) is 0 Å². The fourth-order valence-electron chi connectivity index (χ4n) is 1.36. The molecule has 1 fully saturated rings. The average molecular weight is 231 g/mol. The number of hydrogen-bond donors (Lipinski definition) is 0. The molecule has 4 heteroatoms. The highest BCUT2D eigenvalue weighted by Gasteiger charge is 2.40. The second kappa shape index (κ2) is 3.55. The Kier molecular flexibility index (Phi) is 2.54. The van der Waals surface area contributed by atoms with E-state index in [9.17, 15) is 8.42 Å². The summed E-state index contributed by atoms with van der Waals surface area (Å²) < 4.78 is 22.6. The van der Waals surface area contributed by atoms with E-state index in [1.165, 1.54) is 0 Å². The van der Waals surface area contributed by atoms with Crippen molar-refractivity contribution in [1.82, 2.24) is 0 Å². The van der Waals surface area contributed by atoms with Crippen molar-refractivity contribution in [3.8, 4) is 0 Å². The van der Waals surface area contributed by atoms with Crippen LogP contribution in [0.25, 0.3) is 0 Å². The normalized spacial score (nSPS) is 19.2. The van der Waals surface area contributed by atoms with E-state index in [1.807, 2.05) is 6.07 Å². The molecule has 1 aromatic rings. The lowest BCUT2D eigenvalue weighted by Crippen LogP contribution is -2.12. The number of alkyl halides is 1. The minimum atomic E-state index is -3.15. The van der Waals surface area contributed by atoms with E-state index in [4.69, 9.17) is 11.6 Å². The topological polar surface area (TPSA) is 34.1 Å². The van der Waals surface area contributed by atoms with Crippen LogP contribution in [-0.4, -0.2) is 13.7 Å². The predicted molar refractivity (Wildman–Crippen MR) is 57.0 cm³/mol. The van der Waals surface area contributed by atoms with Gasteiger partial charge in [-0.05, 0) is 18.4 Å². The van der Waals surface area contributed by atoms with Gasteiger partial charge in [0, 0.05) is 0 Å². The second-order valence-corrected chi connectivity index (χ2v) is 6.53. The zero-order valence-electron chi connectivity index (χ0n) is 7.56. The molecular weight excluding hydrogens is 220 g/mol. The minimum absolute atomic E-state index is 0.204. The molecule has 14 heavy (non-hydrogen) atoms. The summed E-state index contributed by atoms with van der Waals surface area (Å²) in [6.07, 6.45) is 1.52. The first-order valence-corrected chi connectivity index (χ1v) is 6.58. The maximum absolute atomic E-state index is 11.8. The molecule has 0 N–H and O–H groups in total.